The first kappa shape index (κ1) is 16.3. The van der Waals surface area contributed by atoms with Crippen molar-refractivity contribution in [2.75, 3.05) is 12.9 Å². The fourth-order valence-corrected chi connectivity index (χ4v) is 1.89. The number of aliphatic hydroxyl groups excluding tert-OH is 2. The fourth-order valence-electron chi connectivity index (χ4n) is 1.26. The zero-order chi connectivity index (χ0) is 12.3. The van der Waals surface area contributed by atoms with E-state index in [-0.39, 0.29) is 23.9 Å². The molecule has 0 saturated carbocycles. The summed E-state index contributed by atoms with van der Waals surface area (Å²) in [4.78, 5) is 0.181. The summed E-state index contributed by atoms with van der Waals surface area (Å²) in [5, 5.41) is 18.4. The molecule has 1 aromatic rings. The van der Waals surface area contributed by atoms with Crippen molar-refractivity contribution in [3.8, 4) is 0 Å². The Hall–Kier alpha value is -0.660. The maximum Gasteiger partial charge on any atom is 0.175 e. The van der Waals surface area contributed by atoms with Crippen LogP contribution in [0.5, 0.6) is 0 Å². The topological polar surface area (TPSA) is 101 Å². The van der Waals surface area contributed by atoms with Crippen molar-refractivity contribution in [2.45, 2.75) is 17.0 Å². The van der Waals surface area contributed by atoms with E-state index in [0.717, 1.165) is 6.26 Å². The van der Waals surface area contributed by atoms with Gasteiger partial charge in [-0.3, -0.25) is 0 Å². The van der Waals surface area contributed by atoms with E-state index in [1.54, 1.807) is 0 Å². The average molecular weight is 282 g/mol. The molecule has 7 heteroatoms. The van der Waals surface area contributed by atoms with E-state index in [9.17, 15) is 13.5 Å². The monoisotopic (exact) mass is 281 g/mol. The minimum Gasteiger partial charge on any atom is -0.395 e. The molecule has 2 atom stereocenters. The standard InChI is InChI=1S/C10H15NO4S.ClH/c1-16(14,15)8-4-2-7(3-5-8)10(13)9(11)6-12;/h2-5,9-10,12-13H,6,11H2,1H3;1H/t9-,10+;/m0./s1. The van der Waals surface area contributed by atoms with Crippen LogP contribution in [-0.4, -0.2) is 37.5 Å². The highest BCUT2D eigenvalue weighted by atomic mass is 35.5. The van der Waals surface area contributed by atoms with Crippen molar-refractivity contribution in [3.63, 3.8) is 0 Å². The first-order chi connectivity index (χ1) is 7.36. The second-order valence-electron chi connectivity index (χ2n) is 3.63. The predicted octanol–water partition coefficient (Wildman–Crippen LogP) is -0.135. The lowest BCUT2D eigenvalue weighted by atomic mass is 10.0. The zero-order valence-electron chi connectivity index (χ0n) is 9.28. The number of aliphatic hydroxyl groups is 2. The van der Waals surface area contributed by atoms with Gasteiger partial charge in [0.15, 0.2) is 9.84 Å². The molecule has 1 aromatic carbocycles. The summed E-state index contributed by atoms with van der Waals surface area (Å²) in [5.41, 5.74) is 5.93. The Kier molecular flexibility index (Phi) is 6.08. The maximum atomic E-state index is 11.2. The van der Waals surface area contributed by atoms with Gasteiger partial charge >= 0.3 is 0 Å². The third-order valence-corrected chi connectivity index (χ3v) is 3.39. The molecule has 0 unspecified atom stereocenters. The average Bonchev–Trinajstić information content (AvgIpc) is 2.26. The zero-order valence-corrected chi connectivity index (χ0v) is 10.9. The van der Waals surface area contributed by atoms with Crippen molar-refractivity contribution in [2.24, 2.45) is 5.73 Å². The van der Waals surface area contributed by atoms with Gasteiger partial charge in [-0.25, -0.2) is 8.42 Å². The Morgan fingerprint density at radius 3 is 2.12 bits per heavy atom. The molecular formula is C10H16ClNO4S. The van der Waals surface area contributed by atoms with Crippen LogP contribution in [0.4, 0.5) is 0 Å². The van der Waals surface area contributed by atoms with E-state index >= 15 is 0 Å². The van der Waals surface area contributed by atoms with Gasteiger partial charge in [0, 0.05) is 6.26 Å². The number of rotatable bonds is 4. The molecule has 0 fully saturated rings. The molecule has 1 rings (SSSR count). The summed E-state index contributed by atoms with van der Waals surface area (Å²) >= 11 is 0. The molecule has 0 bridgehead atoms. The number of benzene rings is 1. The quantitative estimate of drug-likeness (QED) is 0.713. The van der Waals surface area contributed by atoms with E-state index < -0.39 is 22.0 Å². The van der Waals surface area contributed by atoms with Gasteiger partial charge in [0.2, 0.25) is 0 Å². The summed E-state index contributed by atoms with van der Waals surface area (Å²) < 4.78 is 22.4. The summed E-state index contributed by atoms with van der Waals surface area (Å²) in [7, 11) is -3.23. The van der Waals surface area contributed by atoms with Crippen LogP contribution < -0.4 is 5.73 Å². The molecule has 4 N–H and O–H groups in total. The van der Waals surface area contributed by atoms with Crippen LogP contribution in [0.1, 0.15) is 11.7 Å². The summed E-state index contributed by atoms with van der Waals surface area (Å²) in [6.45, 7) is -0.338. The molecule has 5 nitrogen and oxygen atoms in total. The number of halogens is 1. The van der Waals surface area contributed by atoms with Gasteiger partial charge < -0.3 is 15.9 Å². The van der Waals surface area contributed by atoms with Gasteiger partial charge in [0.25, 0.3) is 0 Å². The molecule has 0 spiro atoms. The first-order valence-corrected chi connectivity index (χ1v) is 6.60. The van der Waals surface area contributed by atoms with Crippen LogP contribution in [0.2, 0.25) is 0 Å². The molecule has 0 aromatic heterocycles. The third kappa shape index (κ3) is 4.25. The lowest BCUT2D eigenvalue weighted by molar-refractivity contribution is 0.109. The number of nitrogens with two attached hydrogens (primary N) is 1. The molecule has 0 aliphatic carbocycles. The highest BCUT2D eigenvalue weighted by Gasteiger charge is 2.16. The minimum absolute atomic E-state index is 0. The number of hydrogen-bond donors (Lipinski definition) is 3. The highest BCUT2D eigenvalue weighted by Crippen LogP contribution is 2.18. The summed E-state index contributed by atoms with van der Waals surface area (Å²) in [6, 6.07) is 4.99. The van der Waals surface area contributed by atoms with Gasteiger partial charge in [-0.15, -0.1) is 12.4 Å². The highest BCUT2D eigenvalue weighted by molar-refractivity contribution is 7.90. The van der Waals surface area contributed by atoms with Gasteiger partial charge in [-0.1, -0.05) is 12.1 Å². The first-order valence-electron chi connectivity index (χ1n) is 4.71. The lowest BCUT2D eigenvalue weighted by Gasteiger charge is -2.16. The van der Waals surface area contributed by atoms with Gasteiger partial charge in [-0.05, 0) is 17.7 Å². The van der Waals surface area contributed by atoms with Crippen LogP contribution in [0.25, 0.3) is 0 Å². The smallest absolute Gasteiger partial charge is 0.175 e. The summed E-state index contributed by atoms with van der Waals surface area (Å²) in [5.74, 6) is 0. The Morgan fingerprint density at radius 1 is 1.29 bits per heavy atom. The number of sulfone groups is 1. The predicted molar refractivity (Wildman–Crippen MR) is 66.8 cm³/mol. The largest absolute Gasteiger partial charge is 0.395 e. The Balaban J connectivity index is 0.00000256. The van der Waals surface area contributed by atoms with Crippen LogP contribution in [0, 0.1) is 0 Å². The minimum atomic E-state index is -3.23. The van der Waals surface area contributed by atoms with Crippen LogP contribution in [0.15, 0.2) is 29.2 Å². The van der Waals surface area contributed by atoms with Crippen molar-refractivity contribution >= 4 is 22.2 Å². The molecule has 0 amide bonds. The molecule has 17 heavy (non-hydrogen) atoms. The van der Waals surface area contributed by atoms with Crippen LogP contribution in [0.3, 0.4) is 0 Å². The molecule has 0 saturated heterocycles. The molecule has 0 aliphatic heterocycles. The van der Waals surface area contributed by atoms with E-state index in [2.05, 4.69) is 0 Å². The van der Waals surface area contributed by atoms with Crippen molar-refractivity contribution in [3.05, 3.63) is 29.8 Å². The molecule has 98 valence electrons. The van der Waals surface area contributed by atoms with E-state index in [4.69, 9.17) is 10.8 Å². The Labute approximate surface area is 107 Å². The second kappa shape index (κ2) is 6.32. The van der Waals surface area contributed by atoms with E-state index in [0.29, 0.717) is 5.56 Å². The summed E-state index contributed by atoms with van der Waals surface area (Å²) in [6.07, 6.45) is 0.108. The molecule has 0 heterocycles. The lowest BCUT2D eigenvalue weighted by Crippen LogP contribution is -2.31. The van der Waals surface area contributed by atoms with Gasteiger partial charge in [-0.2, -0.15) is 0 Å². The second-order valence-corrected chi connectivity index (χ2v) is 5.65. The Bertz CT molecular complexity index is 446. The van der Waals surface area contributed by atoms with Crippen molar-refractivity contribution in [1.29, 1.82) is 0 Å². The van der Waals surface area contributed by atoms with Crippen molar-refractivity contribution in [1.82, 2.24) is 0 Å². The number of hydrogen-bond acceptors (Lipinski definition) is 5. The molecule has 0 radical (unpaired) electrons. The van der Waals surface area contributed by atoms with E-state index in [1.807, 2.05) is 0 Å². The third-order valence-electron chi connectivity index (χ3n) is 2.27. The maximum absolute atomic E-state index is 11.2. The SMILES string of the molecule is CS(=O)(=O)c1ccc([C@@H](O)[C@@H](N)CO)cc1.Cl. The van der Waals surface area contributed by atoms with Crippen molar-refractivity contribution < 1.29 is 18.6 Å². The molecule has 0 aliphatic rings. The van der Waals surface area contributed by atoms with Gasteiger partial charge in [0.05, 0.1) is 23.6 Å². The normalized spacial score (nSPS) is 14.8. The molecular weight excluding hydrogens is 266 g/mol. The van der Waals surface area contributed by atoms with Gasteiger partial charge in [0.1, 0.15) is 0 Å². The van der Waals surface area contributed by atoms with Crippen LogP contribution >= 0.6 is 12.4 Å². The fraction of sp³-hybridized carbons (Fsp3) is 0.400. The Morgan fingerprint density at radius 2 is 1.76 bits per heavy atom. The van der Waals surface area contributed by atoms with E-state index in [1.165, 1.54) is 24.3 Å². The van der Waals surface area contributed by atoms with Crippen LogP contribution in [-0.2, 0) is 9.84 Å².